The summed E-state index contributed by atoms with van der Waals surface area (Å²) in [5.74, 6) is -1.45. The highest BCUT2D eigenvalue weighted by atomic mass is 32.2. The second-order valence-electron chi connectivity index (χ2n) is 2.76. The first-order valence-corrected chi connectivity index (χ1v) is 5.64. The van der Waals surface area contributed by atoms with Crippen LogP contribution in [0.1, 0.15) is 19.8 Å². The van der Waals surface area contributed by atoms with E-state index >= 15 is 0 Å². The van der Waals surface area contributed by atoms with Crippen molar-refractivity contribution in [1.82, 2.24) is 4.72 Å². The molecule has 0 aliphatic carbocycles. The van der Waals surface area contributed by atoms with E-state index in [0.29, 0.717) is 0 Å². The molecule has 0 amide bonds. The number of hydrogen-bond acceptors (Lipinski definition) is 4. The number of carboxylic acid groups (broad SMARTS) is 1. The second kappa shape index (κ2) is 5.57. The number of aliphatic carboxylic acids is 1. The highest BCUT2D eigenvalue weighted by Crippen LogP contribution is 1.95. The lowest BCUT2D eigenvalue weighted by Crippen LogP contribution is -2.39. The number of nitrogens with zero attached hydrogens (tertiary/aromatic N) is 1. The molecule has 14 heavy (non-hydrogen) atoms. The van der Waals surface area contributed by atoms with Gasteiger partial charge in [0.2, 0.25) is 10.0 Å². The molecule has 7 heteroatoms. The third kappa shape index (κ3) is 5.50. The molecule has 1 atom stereocenters. The largest absolute Gasteiger partial charge is 0.480 e. The Morgan fingerprint density at radius 1 is 1.64 bits per heavy atom. The predicted octanol–water partition coefficient (Wildman–Crippen LogP) is -0.317. The minimum atomic E-state index is -3.58. The third-order valence-corrected chi connectivity index (χ3v) is 2.97. The zero-order chi connectivity index (χ0) is 11.2. The molecule has 0 unspecified atom stereocenters. The number of unbranched alkanes of at least 4 members (excludes halogenated alkanes) is 1. The van der Waals surface area contributed by atoms with Crippen LogP contribution >= 0.6 is 0 Å². The first-order valence-electron chi connectivity index (χ1n) is 3.99. The summed E-state index contributed by atoms with van der Waals surface area (Å²) in [4.78, 5) is 10.3. The fourth-order valence-corrected chi connectivity index (χ4v) is 2.00. The number of carbonyl (C=O) groups is 1. The van der Waals surface area contributed by atoms with Crippen molar-refractivity contribution >= 4 is 16.0 Å². The maximum absolute atomic E-state index is 11.1. The van der Waals surface area contributed by atoms with Crippen molar-refractivity contribution < 1.29 is 18.3 Å². The van der Waals surface area contributed by atoms with Gasteiger partial charge in [-0.2, -0.15) is 5.26 Å². The summed E-state index contributed by atoms with van der Waals surface area (Å²) in [6.07, 6.45) is 0.348. The highest BCUT2D eigenvalue weighted by molar-refractivity contribution is 7.89. The van der Waals surface area contributed by atoms with Gasteiger partial charge in [-0.15, -0.1) is 0 Å². The van der Waals surface area contributed by atoms with Gasteiger partial charge in [0.05, 0.1) is 11.8 Å². The Morgan fingerprint density at radius 2 is 2.21 bits per heavy atom. The van der Waals surface area contributed by atoms with E-state index in [4.69, 9.17) is 10.4 Å². The van der Waals surface area contributed by atoms with Crippen molar-refractivity contribution in [2.24, 2.45) is 0 Å². The minimum absolute atomic E-state index is 0.141. The van der Waals surface area contributed by atoms with E-state index in [2.05, 4.69) is 0 Å². The van der Waals surface area contributed by atoms with Crippen molar-refractivity contribution in [1.29, 1.82) is 5.26 Å². The Bertz CT molecular complexity index is 330. The smallest absolute Gasteiger partial charge is 0.321 e. The molecule has 6 nitrogen and oxygen atoms in total. The number of rotatable bonds is 6. The van der Waals surface area contributed by atoms with Crippen LogP contribution in [-0.2, 0) is 14.8 Å². The number of nitriles is 1. The summed E-state index contributed by atoms with van der Waals surface area (Å²) in [5.41, 5.74) is 0. The van der Waals surface area contributed by atoms with Gasteiger partial charge in [0, 0.05) is 6.42 Å². The van der Waals surface area contributed by atoms with Crippen LogP contribution in [0.3, 0.4) is 0 Å². The zero-order valence-electron chi connectivity index (χ0n) is 7.73. The van der Waals surface area contributed by atoms with Crippen LogP contribution < -0.4 is 4.72 Å². The van der Waals surface area contributed by atoms with Crippen molar-refractivity contribution in [3.63, 3.8) is 0 Å². The maximum atomic E-state index is 11.1. The molecule has 0 aliphatic rings. The van der Waals surface area contributed by atoms with E-state index < -0.39 is 22.0 Å². The molecule has 0 spiro atoms. The Labute approximate surface area is 82.6 Å². The normalized spacial score (nSPS) is 13.1. The predicted molar refractivity (Wildman–Crippen MR) is 48.9 cm³/mol. The fourth-order valence-electron chi connectivity index (χ4n) is 0.720. The molecule has 0 radical (unpaired) electrons. The Morgan fingerprint density at radius 3 is 2.64 bits per heavy atom. The molecule has 0 fully saturated rings. The van der Waals surface area contributed by atoms with Gasteiger partial charge in [0.15, 0.2) is 0 Å². The first kappa shape index (κ1) is 12.9. The van der Waals surface area contributed by atoms with Crippen molar-refractivity contribution in [3.05, 3.63) is 0 Å². The van der Waals surface area contributed by atoms with E-state index in [0.717, 1.165) is 0 Å². The van der Waals surface area contributed by atoms with E-state index in [1.165, 1.54) is 6.92 Å². The first-order chi connectivity index (χ1) is 6.39. The van der Waals surface area contributed by atoms with Gasteiger partial charge in [-0.05, 0) is 13.3 Å². The lowest BCUT2D eigenvalue weighted by molar-refractivity contribution is -0.138. The van der Waals surface area contributed by atoms with Gasteiger partial charge in [0.1, 0.15) is 6.04 Å². The Hall–Kier alpha value is -1.13. The second-order valence-corrected chi connectivity index (χ2v) is 4.63. The summed E-state index contributed by atoms with van der Waals surface area (Å²) in [7, 11) is -3.58. The molecule has 80 valence electrons. The van der Waals surface area contributed by atoms with Crippen LogP contribution in [0.4, 0.5) is 0 Å². The number of hydrogen-bond donors (Lipinski definition) is 2. The Kier molecular flexibility index (Phi) is 5.12. The average Bonchev–Trinajstić information content (AvgIpc) is 2.03. The van der Waals surface area contributed by atoms with E-state index in [1.54, 1.807) is 0 Å². The van der Waals surface area contributed by atoms with Crippen LogP contribution in [-0.4, -0.2) is 31.3 Å². The van der Waals surface area contributed by atoms with Crippen LogP contribution in [0.5, 0.6) is 0 Å². The van der Waals surface area contributed by atoms with Crippen LogP contribution in [0.15, 0.2) is 0 Å². The van der Waals surface area contributed by atoms with Crippen LogP contribution in [0, 0.1) is 11.3 Å². The molecule has 0 heterocycles. The Balaban J connectivity index is 4.09. The summed E-state index contributed by atoms with van der Waals surface area (Å²) in [6, 6.07) is 0.671. The van der Waals surface area contributed by atoms with Crippen molar-refractivity contribution in [3.8, 4) is 6.07 Å². The summed E-state index contributed by atoms with van der Waals surface area (Å²) in [5, 5.41) is 16.6. The number of carboxylic acids is 1. The number of nitrogens with one attached hydrogen (secondary N) is 1. The minimum Gasteiger partial charge on any atom is -0.480 e. The molecular weight excluding hydrogens is 208 g/mol. The molecule has 0 rings (SSSR count). The molecular formula is C7H12N2O4S. The molecule has 0 saturated carbocycles. The topological polar surface area (TPSA) is 107 Å². The van der Waals surface area contributed by atoms with Gasteiger partial charge in [-0.3, -0.25) is 4.79 Å². The molecule has 0 aromatic carbocycles. The number of sulfonamides is 1. The average molecular weight is 220 g/mol. The highest BCUT2D eigenvalue weighted by Gasteiger charge is 2.18. The van der Waals surface area contributed by atoms with Gasteiger partial charge in [-0.1, -0.05) is 0 Å². The zero-order valence-corrected chi connectivity index (χ0v) is 8.54. The quantitative estimate of drug-likeness (QED) is 0.596. The SMILES string of the molecule is C[C@@H](NS(=O)(=O)CCCC#N)C(=O)O. The fraction of sp³-hybridized carbons (Fsp3) is 0.714. The van der Waals surface area contributed by atoms with Gasteiger partial charge in [0.25, 0.3) is 0 Å². The molecule has 0 aliphatic heterocycles. The van der Waals surface area contributed by atoms with Crippen LogP contribution in [0.2, 0.25) is 0 Å². The van der Waals surface area contributed by atoms with Crippen molar-refractivity contribution in [2.45, 2.75) is 25.8 Å². The van der Waals surface area contributed by atoms with E-state index in [1.807, 2.05) is 10.8 Å². The summed E-state index contributed by atoms with van der Waals surface area (Å²) >= 11 is 0. The third-order valence-electron chi connectivity index (χ3n) is 1.43. The van der Waals surface area contributed by atoms with E-state index in [-0.39, 0.29) is 18.6 Å². The summed E-state index contributed by atoms with van der Waals surface area (Å²) in [6.45, 7) is 1.24. The standard InChI is InChI=1S/C7H12N2O4S/c1-6(7(10)11)9-14(12,13)5-3-2-4-8/h6,9H,2-3,5H2,1H3,(H,10,11)/t6-/m1/s1. The molecule has 0 aromatic heterocycles. The lowest BCUT2D eigenvalue weighted by atomic mass is 10.4. The molecule has 0 bridgehead atoms. The van der Waals surface area contributed by atoms with Gasteiger partial charge < -0.3 is 5.11 Å². The summed E-state index contributed by atoms with van der Waals surface area (Å²) < 4.78 is 24.3. The molecule has 0 aromatic rings. The van der Waals surface area contributed by atoms with Gasteiger partial charge >= 0.3 is 5.97 Å². The monoisotopic (exact) mass is 220 g/mol. The maximum Gasteiger partial charge on any atom is 0.321 e. The lowest BCUT2D eigenvalue weighted by Gasteiger charge is -2.08. The van der Waals surface area contributed by atoms with Crippen LogP contribution in [0.25, 0.3) is 0 Å². The molecule has 0 saturated heterocycles. The van der Waals surface area contributed by atoms with E-state index in [9.17, 15) is 13.2 Å². The van der Waals surface area contributed by atoms with Gasteiger partial charge in [-0.25, -0.2) is 13.1 Å². The van der Waals surface area contributed by atoms with Crippen molar-refractivity contribution in [2.75, 3.05) is 5.75 Å². The molecule has 2 N–H and O–H groups in total.